The lowest BCUT2D eigenvalue weighted by atomic mass is 9.91. The molecule has 0 bridgehead atoms. The summed E-state index contributed by atoms with van der Waals surface area (Å²) in [5, 5.41) is 11.6. The van der Waals surface area contributed by atoms with Gasteiger partial charge in [-0.25, -0.2) is 9.18 Å². The van der Waals surface area contributed by atoms with Crippen molar-refractivity contribution < 1.29 is 14.0 Å². The number of imide groups is 1. The molecule has 2 aromatic rings. The minimum absolute atomic E-state index is 0.0803. The van der Waals surface area contributed by atoms with E-state index in [2.05, 4.69) is 5.32 Å². The van der Waals surface area contributed by atoms with Crippen LogP contribution in [0, 0.1) is 17.1 Å². The number of rotatable bonds is 3. The first-order chi connectivity index (χ1) is 11.9. The number of carbonyl (C=O) groups is 2. The summed E-state index contributed by atoms with van der Waals surface area (Å²) in [7, 11) is 0. The number of hydrogen-bond acceptors (Lipinski definition) is 3. The van der Waals surface area contributed by atoms with Gasteiger partial charge in [-0.2, -0.15) is 5.26 Å². The van der Waals surface area contributed by atoms with Crippen LogP contribution in [-0.2, 0) is 16.9 Å². The van der Waals surface area contributed by atoms with Crippen LogP contribution >= 0.6 is 11.6 Å². The Morgan fingerprint density at radius 1 is 1.24 bits per heavy atom. The first kappa shape index (κ1) is 16.9. The molecule has 1 aliphatic rings. The summed E-state index contributed by atoms with van der Waals surface area (Å²) in [5.41, 5.74) is -0.231. The average molecular weight is 358 g/mol. The highest BCUT2D eigenvalue weighted by molar-refractivity contribution is 6.31. The Hall–Kier alpha value is -2.91. The first-order valence-electron chi connectivity index (χ1n) is 7.44. The minimum atomic E-state index is -1.29. The van der Waals surface area contributed by atoms with Gasteiger partial charge in [0.05, 0.1) is 18.2 Å². The van der Waals surface area contributed by atoms with E-state index >= 15 is 0 Å². The maximum atomic E-state index is 14.0. The molecule has 1 fully saturated rings. The Morgan fingerprint density at radius 2 is 1.92 bits per heavy atom. The van der Waals surface area contributed by atoms with E-state index in [0.717, 1.165) is 4.90 Å². The average Bonchev–Trinajstić information content (AvgIpc) is 2.82. The molecule has 0 aromatic heterocycles. The predicted molar refractivity (Wildman–Crippen MR) is 89.0 cm³/mol. The van der Waals surface area contributed by atoms with Gasteiger partial charge in [0, 0.05) is 10.6 Å². The van der Waals surface area contributed by atoms with Crippen LogP contribution in [0.15, 0.2) is 42.5 Å². The van der Waals surface area contributed by atoms with Crippen LogP contribution in [0.1, 0.15) is 23.6 Å². The lowest BCUT2D eigenvalue weighted by Gasteiger charge is -2.22. The van der Waals surface area contributed by atoms with Crippen LogP contribution in [0.2, 0.25) is 5.02 Å². The Labute approximate surface area is 148 Å². The number of carbonyl (C=O) groups excluding carboxylic acids is 2. The second kappa shape index (κ2) is 6.19. The quantitative estimate of drug-likeness (QED) is 0.856. The number of urea groups is 1. The van der Waals surface area contributed by atoms with Gasteiger partial charge in [0.2, 0.25) is 0 Å². The maximum absolute atomic E-state index is 14.0. The van der Waals surface area contributed by atoms with E-state index in [-0.39, 0.29) is 17.1 Å². The Balaban J connectivity index is 1.93. The second-order valence-electron chi connectivity index (χ2n) is 5.84. The van der Waals surface area contributed by atoms with Gasteiger partial charge in [-0.15, -0.1) is 0 Å². The van der Waals surface area contributed by atoms with Gasteiger partial charge in [-0.1, -0.05) is 29.8 Å². The monoisotopic (exact) mass is 357 g/mol. The van der Waals surface area contributed by atoms with E-state index in [1.165, 1.54) is 18.2 Å². The standard InChI is InChI=1S/C18H13ClFN3O2/c1-18(12-7-5-11(9-21)6-8-12)16(24)23(17(25)22-18)10-13-14(19)3-2-4-15(13)20/h2-8H,10H2,1H3,(H,22,25). The fourth-order valence-electron chi connectivity index (χ4n) is 2.76. The third-order valence-electron chi connectivity index (χ3n) is 4.24. The maximum Gasteiger partial charge on any atom is 0.325 e. The van der Waals surface area contributed by atoms with Crippen molar-refractivity contribution in [2.45, 2.75) is 19.0 Å². The molecule has 1 aliphatic heterocycles. The Kier molecular flexibility index (Phi) is 4.19. The highest BCUT2D eigenvalue weighted by Crippen LogP contribution is 2.31. The van der Waals surface area contributed by atoms with E-state index in [9.17, 15) is 14.0 Å². The van der Waals surface area contributed by atoms with E-state index in [1.807, 2.05) is 6.07 Å². The number of nitrogens with one attached hydrogen (secondary N) is 1. The third kappa shape index (κ3) is 2.83. The zero-order valence-electron chi connectivity index (χ0n) is 13.2. The molecule has 3 rings (SSSR count). The molecular weight excluding hydrogens is 345 g/mol. The number of halogens is 2. The number of benzene rings is 2. The van der Waals surface area contributed by atoms with Crippen molar-refractivity contribution in [1.82, 2.24) is 10.2 Å². The topological polar surface area (TPSA) is 73.2 Å². The molecular formula is C18H13ClFN3O2. The number of amides is 3. The number of hydrogen-bond donors (Lipinski definition) is 1. The molecule has 1 heterocycles. The fraction of sp³-hybridized carbons (Fsp3) is 0.167. The van der Waals surface area contributed by atoms with Gasteiger partial charge in [0.1, 0.15) is 11.4 Å². The third-order valence-corrected chi connectivity index (χ3v) is 4.60. The Bertz CT molecular complexity index is 887. The van der Waals surface area contributed by atoms with Gasteiger partial charge in [0.15, 0.2) is 0 Å². The van der Waals surface area contributed by atoms with E-state index in [4.69, 9.17) is 16.9 Å². The van der Waals surface area contributed by atoms with Gasteiger partial charge < -0.3 is 5.32 Å². The largest absolute Gasteiger partial charge is 0.325 e. The van der Waals surface area contributed by atoms with Crippen molar-refractivity contribution in [3.05, 3.63) is 70.0 Å². The smallest absolute Gasteiger partial charge is 0.319 e. The van der Waals surface area contributed by atoms with Crippen LogP contribution in [0.25, 0.3) is 0 Å². The van der Waals surface area contributed by atoms with Crippen LogP contribution in [0.3, 0.4) is 0 Å². The molecule has 1 N–H and O–H groups in total. The normalized spacial score (nSPS) is 19.7. The number of nitrogens with zero attached hydrogens (tertiary/aromatic N) is 2. The van der Waals surface area contributed by atoms with Crippen LogP contribution in [0.4, 0.5) is 9.18 Å². The molecule has 5 nitrogen and oxygen atoms in total. The molecule has 0 spiro atoms. The Morgan fingerprint density at radius 3 is 2.52 bits per heavy atom. The zero-order chi connectivity index (χ0) is 18.2. The zero-order valence-corrected chi connectivity index (χ0v) is 14.0. The molecule has 2 aromatic carbocycles. The summed E-state index contributed by atoms with van der Waals surface area (Å²) < 4.78 is 14.0. The number of nitriles is 1. The summed E-state index contributed by atoms with van der Waals surface area (Å²) in [5.74, 6) is -1.10. The molecule has 1 unspecified atom stereocenters. The van der Waals surface area contributed by atoms with Crippen molar-refractivity contribution in [3.8, 4) is 6.07 Å². The summed E-state index contributed by atoms with van der Waals surface area (Å²) in [4.78, 5) is 26.1. The summed E-state index contributed by atoms with van der Waals surface area (Å²) >= 11 is 5.98. The van der Waals surface area contributed by atoms with Crippen LogP contribution in [-0.4, -0.2) is 16.8 Å². The lowest BCUT2D eigenvalue weighted by molar-refractivity contribution is -0.131. The van der Waals surface area contributed by atoms with Gasteiger partial charge in [0.25, 0.3) is 5.91 Å². The van der Waals surface area contributed by atoms with Crippen molar-refractivity contribution in [3.63, 3.8) is 0 Å². The van der Waals surface area contributed by atoms with E-state index < -0.39 is 23.3 Å². The van der Waals surface area contributed by atoms with E-state index in [0.29, 0.717) is 11.1 Å². The molecule has 25 heavy (non-hydrogen) atoms. The molecule has 0 radical (unpaired) electrons. The fourth-order valence-corrected chi connectivity index (χ4v) is 2.98. The summed E-state index contributed by atoms with van der Waals surface area (Å²) in [6.45, 7) is 1.31. The van der Waals surface area contributed by atoms with Crippen molar-refractivity contribution in [1.29, 1.82) is 5.26 Å². The minimum Gasteiger partial charge on any atom is -0.319 e. The van der Waals surface area contributed by atoms with Crippen molar-refractivity contribution in [2.75, 3.05) is 0 Å². The summed E-state index contributed by atoms with van der Waals surface area (Å²) in [6.07, 6.45) is 0. The highest BCUT2D eigenvalue weighted by atomic mass is 35.5. The molecule has 3 amide bonds. The van der Waals surface area contributed by atoms with Crippen molar-refractivity contribution >= 4 is 23.5 Å². The van der Waals surface area contributed by atoms with Crippen LogP contribution in [0.5, 0.6) is 0 Å². The van der Waals surface area contributed by atoms with Gasteiger partial charge in [-0.3, -0.25) is 9.69 Å². The summed E-state index contributed by atoms with van der Waals surface area (Å²) in [6, 6.07) is 11.9. The van der Waals surface area contributed by atoms with Gasteiger partial charge in [-0.05, 0) is 36.8 Å². The highest BCUT2D eigenvalue weighted by Gasteiger charge is 2.49. The molecule has 0 aliphatic carbocycles. The van der Waals surface area contributed by atoms with Crippen molar-refractivity contribution in [2.24, 2.45) is 0 Å². The predicted octanol–water partition coefficient (Wildman–Crippen LogP) is 3.32. The van der Waals surface area contributed by atoms with E-state index in [1.54, 1.807) is 31.2 Å². The molecule has 0 saturated carbocycles. The van der Waals surface area contributed by atoms with Crippen LogP contribution < -0.4 is 5.32 Å². The molecule has 126 valence electrons. The SMILES string of the molecule is CC1(c2ccc(C#N)cc2)NC(=O)N(Cc2c(F)cccc2Cl)C1=O. The lowest BCUT2D eigenvalue weighted by Crippen LogP contribution is -2.40. The second-order valence-corrected chi connectivity index (χ2v) is 6.24. The molecule has 7 heteroatoms. The molecule has 1 saturated heterocycles. The molecule has 1 atom stereocenters. The van der Waals surface area contributed by atoms with Gasteiger partial charge >= 0.3 is 6.03 Å². The first-order valence-corrected chi connectivity index (χ1v) is 7.82.